The number of hydrogen-bond donors (Lipinski definition) is 2. The summed E-state index contributed by atoms with van der Waals surface area (Å²) in [7, 11) is 0. The van der Waals surface area contributed by atoms with Gasteiger partial charge in [-0.25, -0.2) is 4.79 Å². The highest BCUT2D eigenvalue weighted by molar-refractivity contribution is 6.28. The lowest BCUT2D eigenvalue weighted by atomic mass is 9.97. The molecule has 2 aromatic rings. The van der Waals surface area contributed by atoms with Gasteiger partial charge in [0.2, 0.25) is 0 Å². The predicted octanol–water partition coefficient (Wildman–Crippen LogP) is 3.13. The Hall–Kier alpha value is -3.02. The molecule has 5 nitrogen and oxygen atoms in total. The molecule has 0 bridgehead atoms. The Bertz CT molecular complexity index is 818. The van der Waals surface area contributed by atoms with Crippen molar-refractivity contribution in [2.75, 3.05) is 19.8 Å². The molecular weight excluding hydrogens is 356 g/mol. The maximum Gasteiger partial charge on any atom is 0.330 e. The van der Waals surface area contributed by atoms with Crippen LogP contribution < -0.4 is 0 Å². The average molecular weight is 380 g/mol. The van der Waals surface area contributed by atoms with Crippen LogP contribution in [0.2, 0.25) is 0 Å². The molecule has 0 amide bonds. The van der Waals surface area contributed by atoms with Crippen molar-refractivity contribution in [3.8, 4) is 0 Å². The van der Waals surface area contributed by atoms with Gasteiger partial charge in [-0.3, -0.25) is 4.79 Å². The minimum atomic E-state index is -0.507. The first-order chi connectivity index (χ1) is 13.5. The van der Waals surface area contributed by atoms with E-state index in [-0.39, 0.29) is 31.5 Å². The lowest BCUT2D eigenvalue weighted by Gasteiger charge is -2.09. The van der Waals surface area contributed by atoms with Crippen molar-refractivity contribution >= 4 is 23.4 Å². The van der Waals surface area contributed by atoms with Crippen molar-refractivity contribution in [2.45, 2.75) is 6.42 Å². The summed E-state index contributed by atoms with van der Waals surface area (Å²) in [5.74, 6) is -0.941. The normalized spacial score (nSPS) is 11.0. The molecule has 0 aliphatic carbocycles. The SMILES string of the molecule is C=C(C(=O)c1ccc(C=CC(=O)OCCC(CO)CO)cc1)c1ccccc1. The van der Waals surface area contributed by atoms with E-state index < -0.39 is 5.97 Å². The van der Waals surface area contributed by atoms with Gasteiger partial charge in [0.25, 0.3) is 0 Å². The third-order valence-corrected chi connectivity index (χ3v) is 4.27. The van der Waals surface area contributed by atoms with E-state index in [2.05, 4.69) is 6.58 Å². The number of aliphatic hydroxyl groups excluding tert-OH is 2. The largest absolute Gasteiger partial charge is 0.463 e. The number of ketones is 1. The van der Waals surface area contributed by atoms with Gasteiger partial charge in [0.1, 0.15) is 0 Å². The van der Waals surface area contributed by atoms with Gasteiger partial charge in [-0.05, 0) is 23.6 Å². The molecule has 2 rings (SSSR count). The van der Waals surface area contributed by atoms with E-state index in [4.69, 9.17) is 14.9 Å². The number of Topliss-reactive ketones (excluding diaryl/α,β-unsaturated/α-hetero) is 1. The van der Waals surface area contributed by atoms with Gasteiger partial charge in [0, 0.05) is 36.3 Å². The summed E-state index contributed by atoms with van der Waals surface area (Å²) in [6.07, 6.45) is 3.29. The summed E-state index contributed by atoms with van der Waals surface area (Å²) in [5, 5.41) is 17.9. The van der Waals surface area contributed by atoms with Gasteiger partial charge in [0.05, 0.1) is 6.61 Å². The molecule has 28 heavy (non-hydrogen) atoms. The summed E-state index contributed by atoms with van der Waals surface area (Å²) >= 11 is 0. The van der Waals surface area contributed by atoms with Gasteiger partial charge >= 0.3 is 5.97 Å². The van der Waals surface area contributed by atoms with Crippen molar-refractivity contribution < 1.29 is 24.5 Å². The zero-order valence-corrected chi connectivity index (χ0v) is 15.6. The number of esters is 1. The smallest absolute Gasteiger partial charge is 0.330 e. The monoisotopic (exact) mass is 380 g/mol. The molecule has 0 atom stereocenters. The minimum absolute atomic E-state index is 0.129. The number of carbonyl (C=O) groups is 2. The van der Waals surface area contributed by atoms with Crippen LogP contribution in [0.3, 0.4) is 0 Å². The molecule has 0 heterocycles. The van der Waals surface area contributed by atoms with Gasteiger partial charge in [-0.15, -0.1) is 0 Å². The van der Waals surface area contributed by atoms with Crippen molar-refractivity contribution in [2.24, 2.45) is 5.92 Å². The second kappa shape index (κ2) is 11.0. The standard InChI is InChI=1S/C23H24O5/c1-17(20-5-3-2-4-6-20)23(27)21-10-7-18(8-11-21)9-12-22(26)28-14-13-19(15-24)16-25/h2-12,19,24-25H,1,13-16H2. The van der Waals surface area contributed by atoms with E-state index >= 15 is 0 Å². The molecular formula is C23H24O5. The quantitative estimate of drug-likeness (QED) is 0.376. The number of ether oxygens (including phenoxy) is 1. The Morgan fingerprint density at radius 2 is 1.61 bits per heavy atom. The highest BCUT2D eigenvalue weighted by Gasteiger charge is 2.11. The summed E-state index contributed by atoms with van der Waals surface area (Å²) in [6.45, 7) is 3.71. The molecule has 0 aliphatic heterocycles. The molecule has 0 fully saturated rings. The fourth-order valence-electron chi connectivity index (χ4n) is 2.47. The van der Waals surface area contributed by atoms with Crippen molar-refractivity contribution in [1.82, 2.24) is 0 Å². The van der Waals surface area contributed by atoms with E-state index in [9.17, 15) is 9.59 Å². The second-order valence-electron chi connectivity index (χ2n) is 6.32. The van der Waals surface area contributed by atoms with E-state index in [0.29, 0.717) is 17.6 Å². The molecule has 0 saturated heterocycles. The third-order valence-electron chi connectivity index (χ3n) is 4.27. The van der Waals surface area contributed by atoms with Gasteiger partial charge in [-0.2, -0.15) is 0 Å². The van der Waals surface area contributed by atoms with Crippen LogP contribution in [-0.4, -0.2) is 41.8 Å². The van der Waals surface area contributed by atoms with Crippen LogP contribution in [0, 0.1) is 5.92 Å². The number of benzene rings is 2. The van der Waals surface area contributed by atoms with Crippen LogP contribution in [0.1, 0.15) is 27.9 Å². The van der Waals surface area contributed by atoms with Crippen LogP contribution in [0.25, 0.3) is 11.6 Å². The molecule has 0 aliphatic rings. The Balaban J connectivity index is 1.89. The molecule has 2 aromatic carbocycles. The van der Waals surface area contributed by atoms with Crippen LogP contribution in [0.4, 0.5) is 0 Å². The molecule has 0 aromatic heterocycles. The Labute approximate surface area is 164 Å². The third kappa shape index (κ3) is 6.30. The fourth-order valence-corrected chi connectivity index (χ4v) is 2.47. The Morgan fingerprint density at radius 3 is 2.21 bits per heavy atom. The summed E-state index contributed by atoms with van der Waals surface area (Å²) < 4.78 is 5.03. The van der Waals surface area contributed by atoms with Crippen LogP contribution in [0.15, 0.2) is 67.3 Å². The van der Waals surface area contributed by atoms with E-state index in [1.165, 1.54) is 6.08 Å². The van der Waals surface area contributed by atoms with Crippen molar-refractivity contribution in [3.05, 3.63) is 83.9 Å². The maximum atomic E-state index is 12.5. The number of allylic oxidation sites excluding steroid dienone is 1. The Morgan fingerprint density at radius 1 is 0.964 bits per heavy atom. The molecule has 0 spiro atoms. The molecule has 0 radical (unpaired) electrons. The van der Waals surface area contributed by atoms with E-state index in [1.807, 2.05) is 30.3 Å². The van der Waals surface area contributed by atoms with Gasteiger partial charge in [0.15, 0.2) is 5.78 Å². The lowest BCUT2D eigenvalue weighted by Crippen LogP contribution is -2.15. The number of aliphatic hydroxyl groups is 2. The highest BCUT2D eigenvalue weighted by atomic mass is 16.5. The molecule has 0 unspecified atom stereocenters. The first kappa shape index (κ1) is 21.3. The Kier molecular flexibility index (Phi) is 8.34. The minimum Gasteiger partial charge on any atom is -0.463 e. The highest BCUT2D eigenvalue weighted by Crippen LogP contribution is 2.18. The zero-order valence-electron chi connectivity index (χ0n) is 15.6. The predicted molar refractivity (Wildman–Crippen MR) is 109 cm³/mol. The van der Waals surface area contributed by atoms with E-state index in [0.717, 1.165) is 11.1 Å². The summed E-state index contributed by atoms with van der Waals surface area (Å²) in [4.78, 5) is 24.2. The topological polar surface area (TPSA) is 83.8 Å². The molecule has 2 N–H and O–H groups in total. The van der Waals surface area contributed by atoms with Gasteiger partial charge < -0.3 is 14.9 Å². The number of hydrogen-bond acceptors (Lipinski definition) is 5. The number of rotatable bonds is 10. The first-order valence-electron chi connectivity index (χ1n) is 9.00. The van der Waals surface area contributed by atoms with Gasteiger partial charge in [-0.1, -0.05) is 61.2 Å². The first-order valence-corrected chi connectivity index (χ1v) is 9.00. The fraction of sp³-hybridized carbons (Fsp3) is 0.217. The van der Waals surface area contributed by atoms with Crippen LogP contribution in [-0.2, 0) is 9.53 Å². The zero-order chi connectivity index (χ0) is 20.4. The lowest BCUT2D eigenvalue weighted by molar-refractivity contribution is -0.138. The van der Waals surface area contributed by atoms with Crippen molar-refractivity contribution in [3.63, 3.8) is 0 Å². The molecule has 5 heteroatoms. The summed E-state index contributed by atoms with van der Waals surface area (Å²) in [6, 6.07) is 16.1. The van der Waals surface area contributed by atoms with Crippen LogP contribution >= 0.6 is 0 Å². The maximum absolute atomic E-state index is 12.5. The van der Waals surface area contributed by atoms with E-state index in [1.54, 1.807) is 30.3 Å². The summed E-state index contributed by atoms with van der Waals surface area (Å²) in [5.41, 5.74) is 2.48. The number of carbonyl (C=O) groups excluding carboxylic acids is 2. The van der Waals surface area contributed by atoms with Crippen molar-refractivity contribution in [1.29, 1.82) is 0 Å². The average Bonchev–Trinajstić information content (AvgIpc) is 2.75. The molecule has 0 saturated carbocycles. The second-order valence-corrected chi connectivity index (χ2v) is 6.32. The molecule has 146 valence electrons. The van der Waals surface area contributed by atoms with Crippen LogP contribution in [0.5, 0.6) is 0 Å².